The first kappa shape index (κ1) is 14.4. The van der Waals surface area contributed by atoms with Gasteiger partial charge in [-0.05, 0) is 20.3 Å². The highest BCUT2D eigenvalue weighted by Crippen LogP contribution is 2.25. The summed E-state index contributed by atoms with van der Waals surface area (Å²) in [6.45, 7) is 11.5. The quantitative estimate of drug-likeness (QED) is 0.505. The Bertz CT molecular complexity index is 207. The Kier molecular flexibility index (Phi) is 5.29. The van der Waals surface area contributed by atoms with E-state index in [1.54, 1.807) is 20.8 Å². The fraction of sp³-hybridized carbons (Fsp3) is 0.917. The summed E-state index contributed by atoms with van der Waals surface area (Å²) in [5, 5.41) is 0. The van der Waals surface area contributed by atoms with Crippen LogP contribution in [0.2, 0.25) is 0 Å². The van der Waals surface area contributed by atoms with Crippen molar-refractivity contribution in [3.05, 3.63) is 0 Å². The standard InChI is InChI=1S/C12H24O3/c1-7-9-11(3,4)15-12(5,6)14-10(13)8-2/h7-9H2,1-6H3. The molecule has 90 valence electrons. The van der Waals surface area contributed by atoms with E-state index in [-0.39, 0.29) is 11.6 Å². The van der Waals surface area contributed by atoms with E-state index < -0.39 is 5.79 Å². The van der Waals surface area contributed by atoms with Gasteiger partial charge in [-0.3, -0.25) is 4.79 Å². The third kappa shape index (κ3) is 6.50. The van der Waals surface area contributed by atoms with Gasteiger partial charge in [-0.1, -0.05) is 20.3 Å². The molecule has 0 N–H and O–H groups in total. The van der Waals surface area contributed by atoms with Crippen molar-refractivity contribution in [2.45, 2.75) is 72.2 Å². The number of hydrogen-bond donors (Lipinski definition) is 0. The molecule has 15 heavy (non-hydrogen) atoms. The summed E-state index contributed by atoms with van der Waals surface area (Å²) in [4.78, 5) is 11.2. The predicted molar refractivity (Wildman–Crippen MR) is 60.5 cm³/mol. The van der Waals surface area contributed by atoms with Gasteiger partial charge in [0.1, 0.15) is 0 Å². The lowest BCUT2D eigenvalue weighted by molar-refractivity contribution is -0.254. The minimum atomic E-state index is -0.842. The van der Waals surface area contributed by atoms with Crippen LogP contribution in [0.4, 0.5) is 0 Å². The minimum Gasteiger partial charge on any atom is -0.434 e. The van der Waals surface area contributed by atoms with E-state index in [1.165, 1.54) is 0 Å². The lowest BCUT2D eigenvalue weighted by atomic mass is 10.0. The summed E-state index contributed by atoms with van der Waals surface area (Å²) in [5.74, 6) is -1.07. The summed E-state index contributed by atoms with van der Waals surface area (Å²) in [6.07, 6.45) is 2.37. The van der Waals surface area contributed by atoms with E-state index >= 15 is 0 Å². The molecule has 0 rings (SSSR count). The van der Waals surface area contributed by atoms with Crippen molar-refractivity contribution in [2.24, 2.45) is 0 Å². The molecule has 0 aromatic rings. The molecule has 0 unspecified atom stereocenters. The zero-order valence-corrected chi connectivity index (χ0v) is 10.8. The van der Waals surface area contributed by atoms with Gasteiger partial charge >= 0.3 is 5.97 Å². The van der Waals surface area contributed by atoms with Crippen LogP contribution >= 0.6 is 0 Å². The van der Waals surface area contributed by atoms with E-state index in [1.807, 2.05) is 13.8 Å². The highest BCUT2D eigenvalue weighted by Gasteiger charge is 2.31. The zero-order chi connectivity index (χ0) is 12.1. The highest BCUT2D eigenvalue weighted by atomic mass is 16.7. The molecule has 0 aliphatic carbocycles. The second-order valence-corrected chi connectivity index (χ2v) is 4.84. The summed E-state index contributed by atoms with van der Waals surface area (Å²) >= 11 is 0. The normalized spacial score (nSPS) is 12.7. The third-order valence-corrected chi connectivity index (χ3v) is 2.02. The van der Waals surface area contributed by atoms with Crippen LogP contribution in [0.25, 0.3) is 0 Å². The number of rotatable bonds is 6. The van der Waals surface area contributed by atoms with Crippen LogP contribution in [0.15, 0.2) is 0 Å². The maximum absolute atomic E-state index is 11.2. The molecule has 0 radical (unpaired) electrons. The van der Waals surface area contributed by atoms with Crippen molar-refractivity contribution in [2.75, 3.05) is 0 Å². The monoisotopic (exact) mass is 216 g/mol. The molecule has 0 fully saturated rings. The fourth-order valence-corrected chi connectivity index (χ4v) is 1.69. The van der Waals surface area contributed by atoms with E-state index in [0.717, 1.165) is 12.8 Å². The van der Waals surface area contributed by atoms with Crippen molar-refractivity contribution in [3.63, 3.8) is 0 Å². The molecule has 0 aromatic carbocycles. The van der Waals surface area contributed by atoms with Crippen LogP contribution in [0, 0.1) is 0 Å². The average molecular weight is 216 g/mol. The highest BCUT2D eigenvalue weighted by molar-refractivity contribution is 5.69. The van der Waals surface area contributed by atoms with Gasteiger partial charge in [0.25, 0.3) is 0 Å². The van der Waals surface area contributed by atoms with Gasteiger partial charge in [-0.15, -0.1) is 0 Å². The molecular weight excluding hydrogens is 192 g/mol. The second-order valence-electron chi connectivity index (χ2n) is 4.84. The molecule has 0 saturated carbocycles. The van der Waals surface area contributed by atoms with Crippen LogP contribution in [-0.4, -0.2) is 17.4 Å². The summed E-state index contributed by atoms with van der Waals surface area (Å²) in [6, 6.07) is 0. The van der Waals surface area contributed by atoms with Crippen LogP contribution in [-0.2, 0) is 14.3 Å². The van der Waals surface area contributed by atoms with Crippen molar-refractivity contribution in [1.82, 2.24) is 0 Å². The zero-order valence-electron chi connectivity index (χ0n) is 10.8. The minimum absolute atomic E-state index is 0.229. The number of carbonyl (C=O) groups is 1. The van der Waals surface area contributed by atoms with Crippen molar-refractivity contribution in [3.8, 4) is 0 Å². The molecule has 0 aliphatic rings. The summed E-state index contributed by atoms with van der Waals surface area (Å²) in [5.41, 5.74) is -0.258. The van der Waals surface area contributed by atoms with Crippen molar-refractivity contribution < 1.29 is 14.3 Å². The Balaban J connectivity index is 4.29. The maximum atomic E-state index is 11.2. The SMILES string of the molecule is CCCC(C)(C)OC(C)(C)OC(=O)CC. The van der Waals surface area contributed by atoms with Gasteiger partial charge < -0.3 is 9.47 Å². The van der Waals surface area contributed by atoms with E-state index in [0.29, 0.717) is 6.42 Å². The van der Waals surface area contributed by atoms with E-state index in [9.17, 15) is 4.79 Å². The van der Waals surface area contributed by atoms with Gasteiger partial charge in [0.2, 0.25) is 5.79 Å². The van der Waals surface area contributed by atoms with Crippen LogP contribution in [0.1, 0.15) is 60.8 Å². The molecular formula is C12H24O3. The third-order valence-electron chi connectivity index (χ3n) is 2.02. The van der Waals surface area contributed by atoms with Gasteiger partial charge in [0, 0.05) is 20.3 Å². The molecule has 0 amide bonds. The molecule has 0 saturated heterocycles. The summed E-state index contributed by atoms with van der Waals surface area (Å²) in [7, 11) is 0. The largest absolute Gasteiger partial charge is 0.434 e. The average Bonchev–Trinajstić information content (AvgIpc) is 2.00. The lowest BCUT2D eigenvalue weighted by Crippen LogP contribution is -2.40. The first-order valence-corrected chi connectivity index (χ1v) is 5.64. The molecule has 3 heteroatoms. The van der Waals surface area contributed by atoms with Gasteiger partial charge in [-0.25, -0.2) is 0 Å². The maximum Gasteiger partial charge on any atom is 0.307 e. The fourth-order valence-electron chi connectivity index (χ4n) is 1.69. The Morgan fingerprint density at radius 2 is 1.67 bits per heavy atom. The number of carbonyl (C=O) groups excluding carboxylic acids is 1. The molecule has 0 aromatic heterocycles. The van der Waals surface area contributed by atoms with Gasteiger partial charge in [0.05, 0.1) is 5.60 Å². The van der Waals surface area contributed by atoms with E-state index in [2.05, 4.69) is 6.92 Å². The molecule has 0 spiro atoms. The first-order valence-electron chi connectivity index (χ1n) is 5.64. The Morgan fingerprint density at radius 1 is 1.13 bits per heavy atom. The number of ether oxygens (including phenoxy) is 2. The second kappa shape index (κ2) is 5.50. The van der Waals surface area contributed by atoms with Crippen LogP contribution < -0.4 is 0 Å². The van der Waals surface area contributed by atoms with Crippen molar-refractivity contribution in [1.29, 1.82) is 0 Å². The molecule has 0 atom stereocenters. The topological polar surface area (TPSA) is 35.5 Å². The Labute approximate surface area is 93.1 Å². The molecule has 0 aliphatic heterocycles. The predicted octanol–water partition coefficient (Wildman–Crippen LogP) is 3.27. The number of esters is 1. The van der Waals surface area contributed by atoms with Crippen molar-refractivity contribution >= 4 is 5.97 Å². The van der Waals surface area contributed by atoms with Crippen LogP contribution in [0.3, 0.4) is 0 Å². The van der Waals surface area contributed by atoms with Gasteiger partial charge in [-0.2, -0.15) is 0 Å². The van der Waals surface area contributed by atoms with Crippen LogP contribution in [0.5, 0.6) is 0 Å². The number of hydrogen-bond acceptors (Lipinski definition) is 3. The Hall–Kier alpha value is -0.570. The molecule has 0 bridgehead atoms. The first-order chi connectivity index (χ1) is 6.72. The van der Waals surface area contributed by atoms with Gasteiger partial charge in [0.15, 0.2) is 0 Å². The molecule has 0 heterocycles. The summed E-state index contributed by atoms with van der Waals surface area (Å²) < 4.78 is 11.0. The lowest BCUT2D eigenvalue weighted by Gasteiger charge is -2.35. The Morgan fingerprint density at radius 3 is 2.07 bits per heavy atom. The van der Waals surface area contributed by atoms with E-state index in [4.69, 9.17) is 9.47 Å². The smallest absolute Gasteiger partial charge is 0.307 e. The molecule has 3 nitrogen and oxygen atoms in total.